The van der Waals surface area contributed by atoms with E-state index < -0.39 is 0 Å². The van der Waals surface area contributed by atoms with Crippen LogP contribution in [0.4, 0.5) is 0 Å². The lowest BCUT2D eigenvalue weighted by Gasteiger charge is -2.17. The number of hydrogen-bond donors (Lipinski definition) is 0. The Balaban J connectivity index is 3.20. The molecule has 1 rings (SSSR count). The zero-order chi connectivity index (χ0) is 10.1. The summed E-state index contributed by atoms with van der Waals surface area (Å²) >= 11 is 5.81. The molecule has 1 aromatic heterocycles. The highest BCUT2D eigenvalue weighted by molar-refractivity contribution is 6.30. The van der Waals surface area contributed by atoms with Crippen LogP contribution in [0.15, 0.2) is 12.3 Å². The molecule has 0 N–H and O–H groups in total. The molecule has 0 amide bonds. The highest BCUT2D eigenvalue weighted by Gasteiger charge is 2.17. The van der Waals surface area contributed by atoms with E-state index >= 15 is 0 Å². The largest absolute Gasteiger partial charge is 0.244 e. The van der Waals surface area contributed by atoms with Gasteiger partial charge >= 0.3 is 0 Å². The van der Waals surface area contributed by atoms with Crippen LogP contribution >= 0.6 is 11.6 Å². The van der Waals surface area contributed by atoms with Gasteiger partial charge in [-0.3, -0.25) is 0 Å². The van der Waals surface area contributed by atoms with E-state index in [0.29, 0.717) is 5.15 Å². The van der Waals surface area contributed by atoms with Crippen LogP contribution in [-0.2, 0) is 5.41 Å². The Hall–Kier alpha value is -1.00. The van der Waals surface area contributed by atoms with E-state index in [9.17, 15) is 0 Å². The zero-order valence-corrected chi connectivity index (χ0v) is 8.81. The lowest BCUT2D eigenvalue weighted by molar-refractivity contribution is 0.694. The van der Waals surface area contributed by atoms with Crippen molar-refractivity contribution in [2.24, 2.45) is 0 Å². The lowest BCUT2D eigenvalue weighted by atomic mass is 9.86. The van der Waals surface area contributed by atoms with Crippen LogP contribution in [-0.4, -0.2) is 4.98 Å². The van der Waals surface area contributed by atoms with E-state index in [1.54, 1.807) is 6.20 Å². The Bertz CT molecular complexity index is 361. The normalized spacial score (nSPS) is 11.0. The second-order valence-electron chi connectivity index (χ2n) is 3.60. The number of nitrogens with zero attached hydrogens (tertiary/aromatic N) is 1. The minimum Gasteiger partial charge on any atom is -0.244 e. The molecule has 0 radical (unpaired) electrons. The maximum absolute atomic E-state index is 5.81. The molecule has 1 nitrogen and oxygen atoms in total. The smallest absolute Gasteiger partial charge is 0.131 e. The number of terminal acetylenes is 1. The number of pyridine rings is 1. The third kappa shape index (κ3) is 2.02. The van der Waals surface area contributed by atoms with E-state index in [-0.39, 0.29) is 5.41 Å². The molecule has 0 saturated carbocycles. The van der Waals surface area contributed by atoms with Crippen molar-refractivity contribution in [3.05, 3.63) is 28.5 Å². The first kappa shape index (κ1) is 10.1. The fourth-order valence-electron chi connectivity index (χ4n) is 0.983. The van der Waals surface area contributed by atoms with E-state index in [1.165, 1.54) is 0 Å². The van der Waals surface area contributed by atoms with Gasteiger partial charge in [-0.05, 0) is 38.0 Å². The molecule has 2 heteroatoms. The quantitative estimate of drug-likeness (QED) is 0.494. The molecule has 68 valence electrons. The monoisotopic (exact) mass is 193 g/mol. The third-order valence-corrected chi connectivity index (χ3v) is 2.49. The Labute approximate surface area is 84.1 Å². The highest BCUT2D eigenvalue weighted by Crippen LogP contribution is 2.24. The SMILES string of the molecule is C#CC(C)(C)c1cnc(Cl)c(C)c1. The number of halogens is 1. The fourth-order valence-corrected chi connectivity index (χ4v) is 1.09. The molecule has 1 aromatic rings. The van der Waals surface area contributed by atoms with Gasteiger partial charge in [0.25, 0.3) is 0 Å². The average Bonchev–Trinajstić information content (AvgIpc) is 2.09. The van der Waals surface area contributed by atoms with Gasteiger partial charge in [-0.1, -0.05) is 17.5 Å². The summed E-state index contributed by atoms with van der Waals surface area (Å²) < 4.78 is 0. The second-order valence-corrected chi connectivity index (χ2v) is 3.96. The molecule has 0 aliphatic carbocycles. The van der Waals surface area contributed by atoms with Gasteiger partial charge in [0.1, 0.15) is 5.15 Å². The first-order valence-electron chi connectivity index (χ1n) is 4.08. The highest BCUT2D eigenvalue weighted by atomic mass is 35.5. The minimum atomic E-state index is -0.275. The maximum atomic E-state index is 5.81. The molecular weight excluding hydrogens is 182 g/mol. The minimum absolute atomic E-state index is 0.275. The van der Waals surface area contributed by atoms with Crippen molar-refractivity contribution in [2.45, 2.75) is 26.2 Å². The standard InChI is InChI=1S/C11H12ClN/c1-5-11(3,4)9-6-8(2)10(12)13-7-9/h1,6-7H,2-4H3. The molecule has 0 bridgehead atoms. The van der Waals surface area contributed by atoms with Crippen molar-refractivity contribution in [1.29, 1.82) is 0 Å². The van der Waals surface area contributed by atoms with Crippen molar-refractivity contribution in [3.8, 4) is 12.3 Å². The summed E-state index contributed by atoms with van der Waals surface area (Å²) in [6.07, 6.45) is 7.15. The van der Waals surface area contributed by atoms with Gasteiger partial charge in [-0.25, -0.2) is 4.98 Å². The Morgan fingerprint density at radius 2 is 2.15 bits per heavy atom. The molecular formula is C11H12ClN. The lowest BCUT2D eigenvalue weighted by Crippen LogP contribution is -2.14. The van der Waals surface area contributed by atoms with E-state index in [4.69, 9.17) is 18.0 Å². The van der Waals surface area contributed by atoms with Crippen molar-refractivity contribution in [1.82, 2.24) is 4.98 Å². The van der Waals surface area contributed by atoms with Crippen molar-refractivity contribution in [2.75, 3.05) is 0 Å². The Morgan fingerprint density at radius 3 is 2.62 bits per heavy atom. The van der Waals surface area contributed by atoms with E-state index in [1.807, 2.05) is 26.8 Å². The summed E-state index contributed by atoms with van der Waals surface area (Å²) in [7, 11) is 0. The third-order valence-electron chi connectivity index (χ3n) is 2.10. The summed E-state index contributed by atoms with van der Waals surface area (Å²) in [5, 5.41) is 0.538. The second kappa shape index (κ2) is 3.40. The molecule has 0 unspecified atom stereocenters. The van der Waals surface area contributed by atoms with Crippen LogP contribution in [0.3, 0.4) is 0 Å². The molecule has 0 spiro atoms. The molecule has 0 aromatic carbocycles. The molecule has 0 saturated heterocycles. The summed E-state index contributed by atoms with van der Waals surface area (Å²) in [6, 6.07) is 1.98. The summed E-state index contributed by atoms with van der Waals surface area (Å²) in [6.45, 7) is 5.89. The average molecular weight is 194 g/mol. The van der Waals surface area contributed by atoms with Crippen LogP contribution in [0, 0.1) is 19.3 Å². The first-order valence-corrected chi connectivity index (χ1v) is 4.45. The van der Waals surface area contributed by atoms with E-state index in [2.05, 4.69) is 10.9 Å². The van der Waals surface area contributed by atoms with Gasteiger partial charge < -0.3 is 0 Å². The zero-order valence-electron chi connectivity index (χ0n) is 8.06. The predicted octanol–water partition coefficient (Wildman–Crippen LogP) is 2.95. The Morgan fingerprint density at radius 1 is 1.54 bits per heavy atom. The van der Waals surface area contributed by atoms with Crippen molar-refractivity contribution < 1.29 is 0 Å². The molecule has 1 heterocycles. The van der Waals surface area contributed by atoms with Gasteiger partial charge in [0.05, 0.1) is 5.41 Å². The maximum Gasteiger partial charge on any atom is 0.131 e. The van der Waals surface area contributed by atoms with Gasteiger partial charge in [0.15, 0.2) is 0 Å². The molecule has 0 aliphatic heterocycles. The van der Waals surface area contributed by atoms with Gasteiger partial charge in [-0.2, -0.15) is 0 Å². The van der Waals surface area contributed by atoms with Crippen molar-refractivity contribution in [3.63, 3.8) is 0 Å². The first-order chi connectivity index (χ1) is 5.97. The van der Waals surface area contributed by atoms with Gasteiger partial charge in [-0.15, -0.1) is 6.42 Å². The molecule has 13 heavy (non-hydrogen) atoms. The van der Waals surface area contributed by atoms with Crippen LogP contribution in [0.2, 0.25) is 5.15 Å². The van der Waals surface area contributed by atoms with Gasteiger partial charge in [0.2, 0.25) is 0 Å². The van der Waals surface area contributed by atoms with Crippen LogP contribution in [0.25, 0.3) is 0 Å². The summed E-state index contributed by atoms with van der Waals surface area (Å²) in [5.74, 6) is 2.72. The number of hydrogen-bond acceptors (Lipinski definition) is 1. The molecule has 0 atom stereocenters. The number of aryl methyl sites for hydroxylation is 1. The Kier molecular flexibility index (Phi) is 2.63. The van der Waals surface area contributed by atoms with Crippen LogP contribution < -0.4 is 0 Å². The number of aromatic nitrogens is 1. The predicted molar refractivity (Wildman–Crippen MR) is 55.8 cm³/mol. The van der Waals surface area contributed by atoms with Crippen LogP contribution in [0.5, 0.6) is 0 Å². The topological polar surface area (TPSA) is 12.9 Å². The van der Waals surface area contributed by atoms with Crippen molar-refractivity contribution >= 4 is 11.6 Å². The van der Waals surface area contributed by atoms with E-state index in [0.717, 1.165) is 11.1 Å². The summed E-state index contributed by atoms with van der Waals surface area (Å²) in [4.78, 5) is 4.06. The molecule has 0 aliphatic rings. The summed E-state index contributed by atoms with van der Waals surface area (Å²) in [5.41, 5.74) is 1.71. The van der Waals surface area contributed by atoms with Gasteiger partial charge in [0, 0.05) is 6.20 Å². The molecule has 0 fully saturated rings. The van der Waals surface area contributed by atoms with Crippen LogP contribution in [0.1, 0.15) is 25.0 Å². The fraction of sp³-hybridized carbons (Fsp3) is 0.364. The number of rotatable bonds is 1.